The average molecular weight is 264 g/mol. The highest BCUT2D eigenvalue weighted by atomic mass is 16.4. The lowest BCUT2D eigenvalue weighted by molar-refractivity contribution is -0.137. The number of rotatable bonds is 4. The van der Waals surface area contributed by atoms with Crippen molar-refractivity contribution in [1.82, 2.24) is 9.88 Å². The topological polar surface area (TPSA) is 53.4 Å². The Labute approximate surface area is 115 Å². The Morgan fingerprint density at radius 3 is 2.79 bits per heavy atom. The second-order valence-electron chi connectivity index (χ2n) is 4.92. The molecule has 1 atom stereocenters. The van der Waals surface area contributed by atoms with Crippen LogP contribution in [0.5, 0.6) is 0 Å². The first-order chi connectivity index (χ1) is 9.15. The van der Waals surface area contributed by atoms with Crippen molar-refractivity contribution in [3.63, 3.8) is 0 Å². The Hall–Kier alpha value is -1.42. The monoisotopic (exact) mass is 264 g/mol. The standard InChI is InChI=1S/C10H14N2.C5H10O2/c1-12-7-3-5-10(12)9-4-2-6-11-8-9;1-2-3-4-5(6)7/h2,4,6,8,10H,3,5,7H2,1H3;2-4H2,1H3,(H,6,7)/t10-;/m0./s1. The molecule has 1 fully saturated rings. The third kappa shape index (κ3) is 5.83. The van der Waals surface area contributed by atoms with Crippen LogP contribution in [0, 0.1) is 0 Å². The predicted molar refractivity (Wildman–Crippen MR) is 76.0 cm³/mol. The number of hydrogen-bond donors (Lipinski definition) is 1. The molecule has 1 aromatic rings. The number of aliphatic carboxylic acids is 1. The summed E-state index contributed by atoms with van der Waals surface area (Å²) in [6, 6.07) is 4.79. The fourth-order valence-corrected chi connectivity index (χ4v) is 2.23. The molecule has 0 saturated carbocycles. The maximum absolute atomic E-state index is 9.76. The van der Waals surface area contributed by atoms with E-state index in [0.717, 1.165) is 12.8 Å². The van der Waals surface area contributed by atoms with Crippen molar-refractivity contribution in [2.24, 2.45) is 0 Å². The van der Waals surface area contributed by atoms with Gasteiger partial charge in [-0.05, 0) is 44.5 Å². The molecule has 0 amide bonds. The quantitative estimate of drug-likeness (QED) is 0.908. The molecule has 4 nitrogen and oxygen atoms in total. The minimum atomic E-state index is -0.693. The number of hydrogen-bond acceptors (Lipinski definition) is 3. The van der Waals surface area contributed by atoms with Gasteiger partial charge in [-0.2, -0.15) is 0 Å². The normalized spacial score (nSPS) is 18.7. The van der Waals surface area contributed by atoms with Crippen LogP contribution in [0.1, 0.15) is 50.6 Å². The smallest absolute Gasteiger partial charge is 0.303 e. The highest BCUT2D eigenvalue weighted by Gasteiger charge is 2.21. The van der Waals surface area contributed by atoms with Crippen LogP contribution in [0.3, 0.4) is 0 Å². The van der Waals surface area contributed by atoms with Crippen molar-refractivity contribution >= 4 is 5.97 Å². The van der Waals surface area contributed by atoms with E-state index in [1.807, 2.05) is 25.4 Å². The summed E-state index contributed by atoms with van der Waals surface area (Å²) < 4.78 is 0. The van der Waals surface area contributed by atoms with Crippen molar-refractivity contribution in [3.8, 4) is 0 Å². The molecule has 1 aliphatic heterocycles. The molecule has 0 aromatic carbocycles. The predicted octanol–water partition coefficient (Wildman–Crippen LogP) is 3.11. The van der Waals surface area contributed by atoms with Gasteiger partial charge >= 0.3 is 5.97 Å². The van der Waals surface area contributed by atoms with Crippen LogP contribution in [-0.2, 0) is 4.79 Å². The van der Waals surface area contributed by atoms with E-state index in [0.29, 0.717) is 12.5 Å². The number of pyridine rings is 1. The van der Waals surface area contributed by atoms with Crippen molar-refractivity contribution in [3.05, 3.63) is 30.1 Å². The van der Waals surface area contributed by atoms with Crippen LogP contribution in [0.2, 0.25) is 0 Å². The van der Waals surface area contributed by atoms with E-state index < -0.39 is 5.97 Å². The molecule has 106 valence electrons. The maximum atomic E-state index is 9.76. The number of carbonyl (C=O) groups is 1. The van der Waals surface area contributed by atoms with E-state index in [-0.39, 0.29) is 0 Å². The minimum Gasteiger partial charge on any atom is -0.481 e. The molecule has 1 aliphatic rings. The summed E-state index contributed by atoms with van der Waals surface area (Å²) in [5.74, 6) is -0.693. The summed E-state index contributed by atoms with van der Waals surface area (Å²) in [4.78, 5) is 16.3. The van der Waals surface area contributed by atoms with Crippen LogP contribution >= 0.6 is 0 Å². The summed E-state index contributed by atoms with van der Waals surface area (Å²) in [7, 11) is 2.19. The van der Waals surface area contributed by atoms with Crippen LogP contribution in [0.15, 0.2) is 24.5 Å². The van der Waals surface area contributed by atoms with Gasteiger partial charge in [-0.25, -0.2) is 0 Å². The molecule has 19 heavy (non-hydrogen) atoms. The Morgan fingerprint density at radius 2 is 2.37 bits per heavy atom. The van der Waals surface area contributed by atoms with Gasteiger partial charge < -0.3 is 5.11 Å². The average Bonchev–Trinajstić information content (AvgIpc) is 2.84. The molecule has 0 spiro atoms. The molecular formula is C15H24N2O2. The highest BCUT2D eigenvalue weighted by molar-refractivity contribution is 5.66. The number of unbranched alkanes of at least 4 members (excludes halogenated alkanes) is 1. The number of nitrogens with zero attached hydrogens (tertiary/aromatic N) is 2. The summed E-state index contributed by atoms with van der Waals surface area (Å²) in [6.45, 7) is 3.20. The lowest BCUT2D eigenvalue weighted by Gasteiger charge is -2.18. The third-order valence-electron chi connectivity index (χ3n) is 3.33. The van der Waals surface area contributed by atoms with Gasteiger partial charge in [0.2, 0.25) is 0 Å². The summed E-state index contributed by atoms with van der Waals surface area (Å²) in [5, 5.41) is 8.04. The first-order valence-corrected chi connectivity index (χ1v) is 6.97. The van der Waals surface area contributed by atoms with E-state index in [1.165, 1.54) is 24.9 Å². The zero-order chi connectivity index (χ0) is 14.1. The van der Waals surface area contributed by atoms with E-state index in [4.69, 9.17) is 5.11 Å². The van der Waals surface area contributed by atoms with Crippen molar-refractivity contribution in [1.29, 1.82) is 0 Å². The summed E-state index contributed by atoms with van der Waals surface area (Å²) in [5.41, 5.74) is 1.36. The van der Waals surface area contributed by atoms with Crippen LogP contribution in [0.25, 0.3) is 0 Å². The fraction of sp³-hybridized carbons (Fsp3) is 0.600. The largest absolute Gasteiger partial charge is 0.481 e. The van der Waals surface area contributed by atoms with Crippen LogP contribution < -0.4 is 0 Å². The maximum Gasteiger partial charge on any atom is 0.303 e. The lowest BCUT2D eigenvalue weighted by Crippen LogP contribution is -2.17. The highest BCUT2D eigenvalue weighted by Crippen LogP contribution is 2.29. The van der Waals surface area contributed by atoms with E-state index in [9.17, 15) is 4.79 Å². The first kappa shape index (κ1) is 15.6. The van der Waals surface area contributed by atoms with Crippen molar-refractivity contribution < 1.29 is 9.90 Å². The first-order valence-electron chi connectivity index (χ1n) is 6.97. The lowest BCUT2D eigenvalue weighted by atomic mass is 10.1. The van der Waals surface area contributed by atoms with E-state index >= 15 is 0 Å². The summed E-state index contributed by atoms with van der Waals surface area (Å²) in [6.07, 6.45) is 8.49. The molecule has 0 bridgehead atoms. The Balaban J connectivity index is 0.000000224. The molecule has 0 aliphatic carbocycles. The molecule has 1 N–H and O–H groups in total. The van der Waals surface area contributed by atoms with Gasteiger partial charge in [0, 0.05) is 24.9 Å². The van der Waals surface area contributed by atoms with Gasteiger partial charge in [-0.15, -0.1) is 0 Å². The van der Waals surface area contributed by atoms with Crippen LogP contribution in [-0.4, -0.2) is 34.6 Å². The van der Waals surface area contributed by atoms with Gasteiger partial charge in [-0.1, -0.05) is 19.4 Å². The Morgan fingerprint density at radius 1 is 1.58 bits per heavy atom. The molecule has 4 heteroatoms. The van der Waals surface area contributed by atoms with E-state index in [1.54, 1.807) is 0 Å². The molecule has 1 aromatic heterocycles. The van der Waals surface area contributed by atoms with Crippen molar-refractivity contribution in [2.45, 2.75) is 45.1 Å². The van der Waals surface area contributed by atoms with Crippen molar-refractivity contribution in [2.75, 3.05) is 13.6 Å². The van der Waals surface area contributed by atoms with Gasteiger partial charge in [0.1, 0.15) is 0 Å². The molecule has 2 rings (SSSR count). The molecule has 1 saturated heterocycles. The number of carboxylic acid groups (broad SMARTS) is 1. The van der Waals surface area contributed by atoms with Gasteiger partial charge in [-0.3, -0.25) is 14.7 Å². The van der Waals surface area contributed by atoms with E-state index in [2.05, 4.69) is 23.0 Å². The number of aromatic nitrogens is 1. The molecule has 2 heterocycles. The van der Waals surface area contributed by atoms with Gasteiger partial charge in [0.25, 0.3) is 0 Å². The fourth-order valence-electron chi connectivity index (χ4n) is 2.23. The molecule has 0 unspecified atom stereocenters. The molecular weight excluding hydrogens is 240 g/mol. The SMILES string of the molecule is CCCCC(=O)O.CN1CCC[C@H]1c1cccnc1. The van der Waals surface area contributed by atoms with Gasteiger partial charge in [0.15, 0.2) is 0 Å². The Bertz CT molecular complexity index is 368. The summed E-state index contributed by atoms with van der Waals surface area (Å²) >= 11 is 0. The number of carboxylic acids is 1. The zero-order valence-electron chi connectivity index (χ0n) is 11.9. The molecule has 0 radical (unpaired) electrons. The van der Waals surface area contributed by atoms with Gasteiger partial charge in [0.05, 0.1) is 0 Å². The minimum absolute atomic E-state index is 0.316. The second-order valence-corrected chi connectivity index (χ2v) is 4.92. The second kappa shape index (κ2) is 8.64. The van der Waals surface area contributed by atoms with Crippen LogP contribution in [0.4, 0.5) is 0 Å². The third-order valence-corrected chi connectivity index (χ3v) is 3.33. The Kier molecular flexibility index (Phi) is 7.11. The number of likely N-dealkylation sites (tertiary alicyclic amines) is 1. The zero-order valence-corrected chi connectivity index (χ0v) is 11.9.